The van der Waals surface area contributed by atoms with E-state index in [4.69, 9.17) is 11.2 Å². The van der Waals surface area contributed by atoms with Crippen molar-refractivity contribution < 1.29 is 4.74 Å². The van der Waals surface area contributed by atoms with Crippen molar-refractivity contribution in [1.29, 1.82) is 0 Å². The Morgan fingerprint density at radius 2 is 2.25 bits per heavy atom. The Balaban J connectivity index is 1.48. The number of anilines is 1. The molecule has 0 aromatic carbocycles. The van der Waals surface area contributed by atoms with Gasteiger partial charge in [-0.3, -0.25) is 0 Å². The molecule has 3 aromatic heterocycles. The van der Waals surface area contributed by atoms with E-state index in [0.29, 0.717) is 19.6 Å². The van der Waals surface area contributed by atoms with Gasteiger partial charge >= 0.3 is 0 Å². The molecular formula is C17H14N4OS2. The molecule has 24 heavy (non-hydrogen) atoms. The van der Waals surface area contributed by atoms with Gasteiger partial charge in [-0.25, -0.2) is 15.0 Å². The number of hydrogen-bond donors (Lipinski definition) is 1. The van der Waals surface area contributed by atoms with Crippen LogP contribution in [0.2, 0.25) is 0 Å². The van der Waals surface area contributed by atoms with Gasteiger partial charge in [0.2, 0.25) is 0 Å². The second-order valence-corrected chi connectivity index (χ2v) is 6.50. The van der Waals surface area contributed by atoms with Gasteiger partial charge in [0.1, 0.15) is 34.3 Å². The van der Waals surface area contributed by atoms with E-state index in [1.807, 2.05) is 16.8 Å². The highest BCUT2D eigenvalue weighted by Gasteiger charge is 2.03. The summed E-state index contributed by atoms with van der Waals surface area (Å²) >= 11 is 3.13. The van der Waals surface area contributed by atoms with E-state index >= 15 is 0 Å². The third-order valence-corrected chi connectivity index (χ3v) is 4.63. The highest BCUT2D eigenvalue weighted by molar-refractivity contribution is 7.16. The van der Waals surface area contributed by atoms with Crippen molar-refractivity contribution in [3.8, 4) is 24.2 Å². The van der Waals surface area contributed by atoms with Crippen molar-refractivity contribution in [3.63, 3.8) is 0 Å². The highest BCUT2D eigenvalue weighted by atomic mass is 32.1. The Bertz CT molecular complexity index is 914. The van der Waals surface area contributed by atoms with E-state index < -0.39 is 0 Å². The molecule has 0 bridgehead atoms. The quantitative estimate of drug-likeness (QED) is 0.544. The summed E-state index contributed by atoms with van der Waals surface area (Å²) in [5, 5.41) is 9.16. The molecule has 0 spiro atoms. The van der Waals surface area contributed by atoms with Crippen LogP contribution < -0.4 is 5.32 Å². The van der Waals surface area contributed by atoms with Gasteiger partial charge < -0.3 is 10.1 Å². The average molecular weight is 354 g/mol. The number of rotatable bonds is 6. The summed E-state index contributed by atoms with van der Waals surface area (Å²) in [5.74, 6) is 9.45. The van der Waals surface area contributed by atoms with Crippen molar-refractivity contribution in [3.05, 3.63) is 33.9 Å². The monoisotopic (exact) mass is 354 g/mol. The summed E-state index contributed by atoms with van der Waals surface area (Å²) in [6.45, 7) is 1.45. The lowest BCUT2D eigenvalue weighted by atomic mass is 10.3. The molecule has 3 heterocycles. The normalized spacial score (nSPS) is 10.1. The lowest BCUT2D eigenvalue weighted by Gasteiger charge is -2.03. The predicted molar refractivity (Wildman–Crippen MR) is 98.0 cm³/mol. The van der Waals surface area contributed by atoms with Crippen LogP contribution in [-0.2, 0) is 11.3 Å². The van der Waals surface area contributed by atoms with Crippen LogP contribution in [0.5, 0.6) is 0 Å². The fourth-order valence-electron chi connectivity index (χ4n) is 1.96. The maximum atomic E-state index is 5.25. The number of ether oxygens (including phenoxy) is 1. The Morgan fingerprint density at radius 1 is 1.29 bits per heavy atom. The first kappa shape index (κ1) is 16.4. The molecule has 0 fully saturated rings. The van der Waals surface area contributed by atoms with E-state index in [0.717, 1.165) is 33.3 Å². The summed E-state index contributed by atoms with van der Waals surface area (Å²) in [6, 6.07) is 2.02. The lowest BCUT2D eigenvalue weighted by Crippen LogP contribution is -2.02. The van der Waals surface area contributed by atoms with Crippen LogP contribution in [-0.4, -0.2) is 28.1 Å². The fraction of sp³-hybridized carbons (Fsp3) is 0.235. The number of nitrogens with zero attached hydrogens (tertiary/aromatic N) is 3. The standard InChI is InChI=1S/C17H14N4OS2/c1-2-8-22-10-15-21-13(11-24-15)5-3-4-7-18-16-14-6-9-23-17(14)20-12-19-16/h1,6,9,11-12H,4,7-8,10H2,(H,18,19,20). The van der Waals surface area contributed by atoms with Crippen molar-refractivity contribution in [1.82, 2.24) is 15.0 Å². The summed E-state index contributed by atoms with van der Waals surface area (Å²) in [4.78, 5) is 13.9. The van der Waals surface area contributed by atoms with E-state index in [9.17, 15) is 0 Å². The van der Waals surface area contributed by atoms with Crippen molar-refractivity contribution in [2.75, 3.05) is 18.5 Å². The molecule has 0 amide bonds. The number of thiazole rings is 1. The second-order valence-electron chi connectivity index (χ2n) is 4.66. The highest BCUT2D eigenvalue weighted by Crippen LogP contribution is 2.23. The minimum absolute atomic E-state index is 0.298. The molecule has 0 atom stereocenters. The molecule has 0 aliphatic carbocycles. The van der Waals surface area contributed by atoms with E-state index in [1.165, 1.54) is 11.3 Å². The molecular weight excluding hydrogens is 340 g/mol. The Kier molecular flexibility index (Phi) is 5.75. The van der Waals surface area contributed by atoms with Crippen LogP contribution in [0.1, 0.15) is 17.1 Å². The van der Waals surface area contributed by atoms with Gasteiger partial charge in [0.05, 0.1) is 12.0 Å². The average Bonchev–Trinajstić information content (AvgIpc) is 3.24. The van der Waals surface area contributed by atoms with Gasteiger partial charge in [-0.2, -0.15) is 0 Å². The zero-order chi connectivity index (χ0) is 16.6. The summed E-state index contributed by atoms with van der Waals surface area (Å²) in [6.07, 6.45) is 7.41. The van der Waals surface area contributed by atoms with Gasteiger partial charge in [-0.1, -0.05) is 11.8 Å². The summed E-state index contributed by atoms with van der Waals surface area (Å²) < 4.78 is 5.25. The zero-order valence-electron chi connectivity index (χ0n) is 12.8. The third-order valence-electron chi connectivity index (χ3n) is 2.98. The van der Waals surface area contributed by atoms with Crippen molar-refractivity contribution >= 4 is 38.7 Å². The molecule has 0 saturated heterocycles. The van der Waals surface area contributed by atoms with E-state index in [-0.39, 0.29) is 0 Å². The Hall–Kier alpha value is -2.45. The van der Waals surface area contributed by atoms with Crippen LogP contribution in [0.15, 0.2) is 23.2 Å². The van der Waals surface area contributed by atoms with Crippen LogP contribution >= 0.6 is 22.7 Å². The van der Waals surface area contributed by atoms with Crippen LogP contribution in [0, 0.1) is 24.2 Å². The molecule has 0 aliphatic heterocycles. The number of hydrogen-bond acceptors (Lipinski definition) is 7. The van der Waals surface area contributed by atoms with Gasteiger partial charge in [0.25, 0.3) is 0 Å². The van der Waals surface area contributed by atoms with Crippen LogP contribution in [0.4, 0.5) is 5.82 Å². The molecule has 120 valence electrons. The smallest absolute Gasteiger partial charge is 0.138 e. The maximum Gasteiger partial charge on any atom is 0.138 e. The number of nitrogens with one attached hydrogen (secondary N) is 1. The Labute approximate surface area is 148 Å². The molecule has 7 heteroatoms. The molecule has 0 saturated carbocycles. The summed E-state index contributed by atoms with van der Waals surface area (Å²) in [7, 11) is 0. The van der Waals surface area contributed by atoms with Crippen molar-refractivity contribution in [2.45, 2.75) is 13.0 Å². The van der Waals surface area contributed by atoms with Gasteiger partial charge in [-0.15, -0.1) is 29.1 Å². The largest absolute Gasteiger partial charge is 0.368 e. The first-order valence-electron chi connectivity index (χ1n) is 7.23. The van der Waals surface area contributed by atoms with E-state index in [1.54, 1.807) is 17.7 Å². The predicted octanol–water partition coefficient (Wildman–Crippen LogP) is 3.15. The molecule has 5 nitrogen and oxygen atoms in total. The Morgan fingerprint density at radius 3 is 3.17 bits per heavy atom. The maximum absolute atomic E-state index is 5.25. The molecule has 0 aliphatic rings. The molecule has 3 aromatic rings. The fourth-order valence-corrected chi connectivity index (χ4v) is 3.35. The lowest BCUT2D eigenvalue weighted by molar-refractivity contribution is 0.153. The number of aromatic nitrogens is 3. The van der Waals surface area contributed by atoms with Gasteiger partial charge in [0.15, 0.2) is 0 Å². The first-order valence-corrected chi connectivity index (χ1v) is 8.99. The summed E-state index contributed by atoms with van der Waals surface area (Å²) in [5.41, 5.74) is 0.765. The van der Waals surface area contributed by atoms with E-state index in [2.05, 4.69) is 38.0 Å². The van der Waals surface area contributed by atoms with Gasteiger partial charge in [0, 0.05) is 18.3 Å². The van der Waals surface area contributed by atoms with Gasteiger partial charge in [-0.05, 0) is 17.4 Å². The number of thiophene rings is 1. The molecule has 1 N–H and O–H groups in total. The number of terminal acetylenes is 1. The van der Waals surface area contributed by atoms with Crippen molar-refractivity contribution in [2.24, 2.45) is 0 Å². The number of fused-ring (bicyclic) bond motifs is 1. The molecule has 0 unspecified atom stereocenters. The second kappa shape index (κ2) is 8.42. The van der Waals surface area contributed by atoms with Crippen LogP contribution in [0.3, 0.4) is 0 Å². The third kappa shape index (κ3) is 4.30. The SMILES string of the molecule is C#CCOCc1nc(C#CCCNc2ncnc3sccc23)cs1. The first-order chi connectivity index (χ1) is 11.9. The minimum Gasteiger partial charge on any atom is -0.368 e. The topological polar surface area (TPSA) is 59.9 Å². The zero-order valence-corrected chi connectivity index (χ0v) is 14.4. The van der Waals surface area contributed by atoms with Crippen LogP contribution in [0.25, 0.3) is 10.2 Å². The minimum atomic E-state index is 0.298. The molecule has 3 rings (SSSR count). The molecule has 0 radical (unpaired) electrons.